The Morgan fingerprint density at radius 1 is 1.22 bits per heavy atom. The highest BCUT2D eigenvalue weighted by molar-refractivity contribution is 5.78. The molecule has 1 aromatic carbocycles. The van der Waals surface area contributed by atoms with E-state index in [1.807, 2.05) is 25.1 Å². The van der Waals surface area contributed by atoms with Gasteiger partial charge in [0.2, 0.25) is 0 Å². The topological polar surface area (TPSA) is 73.2 Å². The van der Waals surface area contributed by atoms with Gasteiger partial charge in [-0.05, 0) is 18.6 Å². The molecule has 0 fully saturated rings. The highest BCUT2D eigenvalue weighted by Gasteiger charge is 2.18. The van der Waals surface area contributed by atoms with Crippen molar-refractivity contribution in [3.63, 3.8) is 0 Å². The molecule has 1 heterocycles. The quantitative estimate of drug-likeness (QED) is 0.869. The number of ether oxygens (including phenoxy) is 2. The normalized spacial score (nSPS) is 10.4. The van der Waals surface area contributed by atoms with Gasteiger partial charge < -0.3 is 15.2 Å². The number of hydrogen-bond acceptors (Lipinski definition) is 4. The van der Waals surface area contributed by atoms with E-state index in [2.05, 4.69) is 10.2 Å². The average Bonchev–Trinajstić information content (AvgIpc) is 2.78. The van der Waals surface area contributed by atoms with E-state index in [1.165, 1.54) is 0 Å². The van der Waals surface area contributed by atoms with Gasteiger partial charge >= 0.3 is 0 Å². The first-order valence-corrected chi connectivity index (χ1v) is 5.77. The first-order valence-electron chi connectivity index (χ1n) is 5.77. The predicted molar refractivity (Wildman–Crippen MR) is 70.9 cm³/mol. The van der Waals surface area contributed by atoms with E-state index in [0.29, 0.717) is 5.82 Å². The predicted octanol–water partition coefficient (Wildman–Crippen LogP) is 2.24. The summed E-state index contributed by atoms with van der Waals surface area (Å²) in [5.41, 5.74) is 8.52. The van der Waals surface area contributed by atoms with Crippen LogP contribution in [0.2, 0.25) is 0 Å². The van der Waals surface area contributed by atoms with Crippen LogP contribution in [0.25, 0.3) is 11.3 Å². The van der Waals surface area contributed by atoms with Gasteiger partial charge in [0.1, 0.15) is 17.3 Å². The molecule has 0 unspecified atom stereocenters. The molecule has 2 aromatic rings. The number of aromatic nitrogens is 2. The van der Waals surface area contributed by atoms with Gasteiger partial charge in [0.25, 0.3) is 0 Å². The standard InChI is InChI=1S/C13H17N3O2/c1-4-8-12(15-16-13(8)14)11-9(17-2)6-5-7-10(11)18-3/h5-7H,4H2,1-3H3,(H3,14,15,16). The highest BCUT2D eigenvalue weighted by atomic mass is 16.5. The van der Waals surface area contributed by atoms with E-state index in [1.54, 1.807) is 14.2 Å². The summed E-state index contributed by atoms with van der Waals surface area (Å²) in [4.78, 5) is 0. The Morgan fingerprint density at radius 2 is 1.83 bits per heavy atom. The van der Waals surface area contributed by atoms with Crippen LogP contribution < -0.4 is 15.2 Å². The van der Waals surface area contributed by atoms with E-state index >= 15 is 0 Å². The smallest absolute Gasteiger partial charge is 0.149 e. The Kier molecular flexibility index (Phi) is 3.41. The van der Waals surface area contributed by atoms with E-state index in [-0.39, 0.29) is 0 Å². The molecule has 0 bridgehead atoms. The number of benzene rings is 1. The molecule has 1 aromatic heterocycles. The average molecular weight is 247 g/mol. The summed E-state index contributed by atoms with van der Waals surface area (Å²) in [6.07, 6.45) is 0.791. The molecule has 96 valence electrons. The van der Waals surface area contributed by atoms with Gasteiger partial charge in [-0.3, -0.25) is 5.10 Å². The van der Waals surface area contributed by atoms with Crippen LogP contribution in [0.3, 0.4) is 0 Å². The molecule has 0 atom stereocenters. The third-order valence-corrected chi connectivity index (χ3v) is 2.93. The fourth-order valence-electron chi connectivity index (χ4n) is 2.04. The summed E-state index contributed by atoms with van der Waals surface area (Å²) in [6, 6.07) is 5.65. The lowest BCUT2D eigenvalue weighted by Gasteiger charge is -2.12. The molecule has 3 N–H and O–H groups in total. The maximum Gasteiger partial charge on any atom is 0.149 e. The largest absolute Gasteiger partial charge is 0.496 e. The zero-order valence-electron chi connectivity index (χ0n) is 10.8. The molecule has 5 nitrogen and oxygen atoms in total. The molecular weight excluding hydrogens is 230 g/mol. The molecule has 0 aliphatic rings. The number of nitrogens with one attached hydrogen (secondary N) is 1. The number of nitrogen functional groups attached to an aromatic ring is 1. The third kappa shape index (κ3) is 1.88. The third-order valence-electron chi connectivity index (χ3n) is 2.93. The van der Waals surface area contributed by atoms with Crippen molar-refractivity contribution >= 4 is 5.82 Å². The van der Waals surface area contributed by atoms with Gasteiger partial charge in [0, 0.05) is 5.56 Å². The van der Waals surface area contributed by atoms with Crippen LogP contribution in [0.1, 0.15) is 12.5 Å². The first-order chi connectivity index (χ1) is 8.72. The van der Waals surface area contributed by atoms with Gasteiger partial charge in [-0.1, -0.05) is 13.0 Å². The summed E-state index contributed by atoms with van der Waals surface area (Å²) in [7, 11) is 3.26. The van der Waals surface area contributed by atoms with E-state index < -0.39 is 0 Å². The summed E-state index contributed by atoms with van der Waals surface area (Å²) < 4.78 is 10.8. The fraction of sp³-hybridized carbons (Fsp3) is 0.308. The number of hydrogen-bond donors (Lipinski definition) is 2. The molecule has 18 heavy (non-hydrogen) atoms. The second kappa shape index (κ2) is 5.00. The SMILES string of the molecule is CCc1c(N)n[nH]c1-c1c(OC)cccc1OC. The van der Waals surface area contributed by atoms with Crippen LogP contribution in [0.4, 0.5) is 5.82 Å². The van der Waals surface area contributed by atoms with Crippen molar-refractivity contribution in [2.75, 3.05) is 20.0 Å². The second-order valence-electron chi connectivity index (χ2n) is 3.85. The van der Waals surface area contributed by atoms with Crippen molar-refractivity contribution in [3.8, 4) is 22.8 Å². The van der Waals surface area contributed by atoms with Crippen LogP contribution in [0.5, 0.6) is 11.5 Å². The molecule has 0 aliphatic carbocycles. The van der Waals surface area contributed by atoms with E-state index in [0.717, 1.165) is 34.7 Å². The summed E-state index contributed by atoms with van der Waals surface area (Å²) in [5.74, 6) is 1.97. The van der Waals surface area contributed by atoms with E-state index in [4.69, 9.17) is 15.2 Å². The van der Waals surface area contributed by atoms with Gasteiger partial charge in [-0.25, -0.2) is 0 Å². The molecule has 2 rings (SSSR count). The highest BCUT2D eigenvalue weighted by Crippen LogP contribution is 2.39. The van der Waals surface area contributed by atoms with Crippen LogP contribution >= 0.6 is 0 Å². The van der Waals surface area contributed by atoms with Crippen LogP contribution in [-0.4, -0.2) is 24.4 Å². The van der Waals surface area contributed by atoms with Crippen LogP contribution in [0.15, 0.2) is 18.2 Å². The van der Waals surface area contributed by atoms with E-state index in [9.17, 15) is 0 Å². The Balaban J connectivity index is 2.68. The maximum absolute atomic E-state index is 5.85. The molecular formula is C13H17N3O2. The minimum absolute atomic E-state index is 0.514. The van der Waals surface area contributed by atoms with Gasteiger partial charge in [-0.2, -0.15) is 5.10 Å². The maximum atomic E-state index is 5.85. The number of nitrogens with two attached hydrogens (primary N) is 1. The molecule has 0 radical (unpaired) electrons. The Bertz CT molecular complexity index is 527. The summed E-state index contributed by atoms with van der Waals surface area (Å²) >= 11 is 0. The van der Waals surface area contributed by atoms with Crippen molar-refractivity contribution in [3.05, 3.63) is 23.8 Å². The number of methoxy groups -OCH3 is 2. The zero-order chi connectivity index (χ0) is 13.1. The molecule has 0 saturated heterocycles. The van der Waals surface area contributed by atoms with Gasteiger partial charge in [-0.15, -0.1) is 0 Å². The van der Waals surface area contributed by atoms with Crippen LogP contribution in [0, 0.1) is 0 Å². The van der Waals surface area contributed by atoms with Crippen molar-refractivity contribution < 1.29 is 9.47 Å². The number of rotatable bonds is 4. The fourth-order valence-corrected chi connectivity index (χ4v) is 2.04. The second-order valence-corrected chi connectivity index (χ2v) is 3.85. The first kappa shape index (κ1) is 12.3. The van der Waals surface area contributed by atoms with Crippen molar-refractivity contribution in [1.29, 1.82) is 0 Å². The van der Waals surface area contributed by atoms with Crippen LogP contribution in [-0.2, 0) is 6.42 Å². The monoisotopic (exact) mass is 247 g/mol. The number of nitrogens with zero attached hydrogens (tertiary/aromatic N) is 1. The molecule has 0 amide bonds. The van der Waals surface area contributed by atoms with Crippen molar-refractivity contribution in [1.82, 2.24) is 10.2 Å². The lowest BCUT2D eigenvalue weighted by molar-refractivity contribution is 0.397. The van der Waals surface area contributed by atoms with Gasteiger partial charge in [0.15, 0.2) is 0 Å². The molecule has 0 saturated carbocycles. The van der Waals surface area contributed by atoms with Gasteiger partial charge in [0.05, 0.1) is 25.5 Å². The molecule has 5 heteroatoms. The number of anilines is 1. The Morgan fingerprint density at radius 3 is 2.33 bits per heavy atom. The minimum atomic E-state index is 0.514. The zero-order valence-corrected chi connectivity index (χ0v) is 10.8. The molecule has 0 spiro atoms. The number of H-pyrrole nitrogens is 1. The lowest BCUT2D eigenvalue weighted by atomic mass is 10.0. The van der Waals surface area contributed by atoms with Crippen molar-refractivity contribution in [2.24, 2.45) is 0 Å². The van der Waals surface area contributed by atoms with Crippen molar-refractivity contribution in [2.45, 2.75) is 13.3 Å². The summed E-state index contributed by atoms with van der Waals surface area (Å²) in [6.45, 7) is 2.03. The lowest BCUT2D eigenvalue weighted by Crippen LogP contribution is -1.96. The Labute approximate surface area is 106 Å². The minimum Gasteiger partial charge on any atom is -0.496 e. The summed E-state index contributed by atoms with van der Waals surface area (Å²) in [5, 5.41) is 7.01. The molecule has 0 aliphatic heterocycles. The Hall–Kier alpha value is -2.17. The number of aromatic amines is 1.